The first-order valence-corrected chi connectivity index (χ1v) is 19.6. The first kappa shape index (κ1) is 37.9. The molecule has 0 saturated carbocycles. The topological polar surface area (TPSA) is 142 Å². The zero-order valence-electron chi connectivity index (χ0n) is 32.3. The molecule has 2 aromatic carbocycles. The maximum Gasteiger partial charge on any atom is 0.320 e. The Balaban J connectivity index is 0.00000150. The molecule has 13 nitrogen and oxygen atoms in total. The maximum absolute atomic E-state index is 13.7. The van der Waals surface area contributed by atoms with E-state index in [1.54, 1.807) is 0 Å². The summed E-state index contributed by atoms with van der Waals surface area (Å²) >= 11 is 0. The number of carbonyl (C=O) groups excluding carboxylic acids is 1. The Morgan fingerprint density at radius 3 is 2.38 bits per heavy atom. The van der Waals surface area contributed by atoms with Gasteiger partial charge in [-0.1, -0.05) is 57.2 Å². The fourth-order valence-electron chi connectivity index (χ4n) is 7.99. The minimum atomic E-state index is -0.260. The summed E-state index contributed by atoms with van der Waals surface area (Å²) < 4.78 is 10.6. The molecule has 3 aliphatic rings. The SMILES string of the molecule is C[C@H]1CCCCN1c1nnc2ccc(O[C@@H]3CC[C@H](NC(=O)Nc4cc(C(C)(C)C)nn4-c4ccc(CN5CCCC5)cc4)c4ccccc43)cn12.O=CO. The van der Waals surface area contributed by atoms with Crippen molar-refractivity contribution in [3.8, 4) is 11.4 Å². The third-order valence-corrected chi connectivity index (χ3v) is 10.9. The van der Waals surface area contributed by atoms with Gasteiger partial charge in [0.25, 0.3) is 6.47 Å². The molecule has 2 aliphatic heterocycles. The van der Waals surface area contributed by atoms with Crippen molar-refractivity contribution >= 4 is 29.9 Å². The van der Waals surface area contributed by atoms with Crippen LogP contribution in [0, 0.1) is 0 Å². The summed E-state index contributed by atoms with van der Waals surface area (Å²) in [7, 11) is 0. The molecular formula is C42H53N9O4. The van der Waals surface area contributed by atoms with Gasteiger partial charge in [-0.25, -0.2) is 9.48 Å². The first-order chi connectivity index (χ1) is 26.6. The largest absolute Gasteiger partial charge is 0.484 e. The van der Waals surface area contributed by atoms with Gasteiger partial charge in [-0.3, -0.25) is 19.4 Å². The number of benzene rings is 2. The van der Waals surface area contributed by atoms with Crippen LogP contribution < -0.4 is 20.3 Å². The monoisotopic (exact) mass is 747 g/mol. The predicted octanol–water partition coefficient (Wildman–Crippen LogP) is 7.66. The molecule has 3 N–H and O–H groups in total. The number of rotatable bonds is 8. The van der Waals surface area contributed by atoms with Crippen LogP contribution in [0.25, 0.3) is 11.3 Å². The average Bonchev–Trinajstić information content (AvgIpc) is 3.94. The number of pyridine rings is 1. The molecule has 5 aromatic rings. The number of hydrogen-bond acceptors (Lipinski definition) is 8. The second kappa shape index (κ2) is 16.5. The first-order valence-electron chi connectivity index (χ1n) is 19.6. The molecule has 55 heavy (non-hydrogen) atoms. The number of anilines is 2. The van der Waals surface area contributed by atoms with Gasteiger partial charge in [-0.2, -0.15) is 5.10 Å². The number of fused-ring (bicyclic) bond motifs is 2. The minimum Gasteiger partial charge on any atom is -0.484 e. The van der Waals surface area contributed by atoms with E-state index in [2.05, 4.69) is 99.1 Å². The lowest BCUT2D eigenvalue weighted by molar-refractivity contribution is -0.122. The van der Waals surface area contributed by atoms with Crippen LogP contribution in [0.1, 0.15) is 107 Å². The van der Waals surface area contributed by atoms with E-state index in [1.165, 1.54) is 24.8 Å². The Labute approximate surface area is 322 Å². The van der Waals surface area contributed by atoms with Crippen molar-refractivity contribution in [3.05, 3.63) is 95.3 Å². The van der Waals surface area contributed by atoms with Crippen molar-refractivity contribution in [2.75, 3.05) is 29.9 Å². The van der Waals surface area contributed by atoms with Gasteiger partial charge >= 0.3 is 6.03 Å². The molecular weight excluding hydrogens is 695 g/mol. The van der Waals surface area contributed by atoms with Crippen LogP contribution in [0.3, 0.4) is 0 Å². The van der Waals surface area contributed by atoms with Gasteiger partial charge in [-0.15, -0.1) is 10.2 Å². The number of piperidine rings is 1. The van der Waals surface area contributed by atoms with E-state index < -0.39 is 0 Å². The lowest BCUT2D eigenvalue weighted by atomic mass is 9.85. The molecule has 0 bridgehead atoms. The third kappa shape index (κ3) is 8.62. The summed E-state index contributed by atoms with van der Waals surface area (Å²) in [5.74, 6) is 2.29. The van der Waals surface area contributed by atoms with E-state index in [4.69, 9.17) is 19.7 Å². The number of hydrogen-bond donors (Lipinski definition) is 3. The van der Waals surface area contributed by atoms with E-state index in [9.17, 15) is 4.79 Å². The lowest BCUT2D eigenvalue weighted by Crippen LogP contribution is -2.38. The highest BCUT2D eigenvalue weighted by molar-refractivity contribution is 5.89. The van der Waals surface area contributed by atoms with Gasteiger partial charge < -0.3 is 20.1 Å². The molecule has 13 heteroatoms. The fraction of sp³-hybridized carbons (Fsp3) is 0.452. The van der Waals surface area contributed by atoms with Gasteiger partial charge in [0, 0.05) is 30.6 Å². The van der Waals surface area contributed by atoms with Crippen molar-refractivity contribution in [1.29, 1.82) is 0 Å². The standard InChI is InChI=1S/C41H51N9O2.CH2O2/c1-28-11-7-8-24-48(28)40-45-44-37-21-18-31(27-49(37)40)52-35-20-19-34(32-12-5-6-13-33(32)35)42-39(51)43-38-25-36(41(2,3)4)46-50(38)30-16-14-29(15-17-30)26-47-22-9-10-23-47;2-1-3/h5-6,12-18,21,25,27-28,34-35H,7-11,19-20,22-24,26H2,1-4H3,(H2,42,43,51);1H,(H,2,3)/t28-,34-,35+;/m0./s1. The van der Waals surface area contributed by atoms with Gasteiger partial charge in [0.1, 0.15) is 17.7 Å². The quantitative estimate of drug-likeness (QED) is 0.136. The van der Waals surface area contributed by atoms with Crippen LogP contribution in [0.4, 0.5) is 16.6 Å². The number of nitrogens with zero attached hydrogens (tertiary/aromatic N) is 7. The molecule has 290 valence electrons. The van der Waals surface area contributed by atoms with Gasteiger partial charge in [0.05, 0.1) is 23.6 Å². The summed E-state index contributed by atoms with van der Waals surface area (Å²) in [5.41, 5.74) is 5.90. The number of carbonyl (C=O) groups is 2. The smallest absolute Gasteiger partial charge is 0.320 e. The maximum atomic E-state index is 13.7. The van der Waals surface area contributed by atoms with Crippen LogP contribution in [-0.4, -0.2) is 72.6 Å². The summed E-state index contributed by atoms with van der Waals surface area (Å²) in [5, 5.41) is 27.3. The van der Waals surface area contributed by atoms with Crippen molar-refractivity contribution in [2.24, 2.45) is 0 Å². The number of urea groups is 1. The van der Waals surface area contributed by atoms with Crippen molar-refractivity contribution in [2.45, 2.75) is 103 Å². The Morgan fingerprint density at radius 1 is 0.927 bits per heavy atom. The van der Waals surface area contributed by atoms with Crippen molar-refractivity contribution < 1.29 is 19.4 Å². The van der Waals surface area contributed by atoms with Crippen LogP contribution in [0.2, 0.25) is 0 Å². The van der Waals surface area contributed by atoms with E-state index >= 15 is 0 Å². The molecule has 2 saturated heterocycles. The summed E-state index contributed by atoms with van der Waals surface area (Å²) in [6, 6.07) is 22.8. The zero-order chi connectivity index (χ0) is 38.5. The molecule has 1 aliphatic carbocycles. The molecule has 0 unspecified atom stereocenters. The molecule has 3 aromatic heterocycles. The van der Waals surface area contributed by atoms with E-state index in [1.807, 2.05) is 41.2 Å². The second-order valence-corrected chi connectivity index (χ2v) is 15.9. The van der Waals surface area contributed by atoms with Crippen LogP contribution in [0.15, 0.2) is 72.9 Å². The van der Waals surface area contributed by atoms with Crippen molar-refractivity contribution in [3.63, 3.8) is 0 Å². The van der Waals surface area contributed by atoms with Gasteiger partial charge in [0.15, 0.2) is 5.65 Å². The third-order valence-electron chi connectivity index (χ3n) is 10.9. The number of ether oxygens (including phenoxy) is 1. The Bertz CT molecular complexity index is 2080. The number of amides is 2. The van der Waals surface area contributed by atoms with Crippen molar-refractivity contribution in [1.82, 2.24) is 34.6 Å². The predicted molar refractivity (Wildman–Crippen MR) is 213 cm³/mol. The molecule has 5 heterocycles. The fourth-order valence-corrected chi connectivity index (χ4v) is 7.99. The summed E-state index contributed by atoms with van der Waals surface area (Å²) in [6.07, 6.45) is 9.49. The number of likely N-dealkylation sites (tertiary alicyclic amines) is 1. The van der Waals surface area contributed by atoms with Gasteiger partial charge in [0.2, 0.25) is 5.95 Å². The van der Waals surface area contributed by atoms with Gasteiger partial charge in [-0.05, 0) is 106 Å². The van der Waals surface area contributed by atoms with E-state index in [-0.39, 0.29) is 30.1 Å². The molecule has 2 fully saturated rings. The highest BCUT2D eigenvalue weighted by Gasteiger charge is 2.31. The molecule has 2 amide bonds. The number of nitrogens with one attached hydrogen (secondary N) is 2. The molecule has 0 radical (unpaired) electrons. The van der Waals surface area contributed by atoms with Crippen LogP contribution in [-0.2, 0) is 16.8 Å². The number of carboxylic acid groups (broad SMARTS) is 1. The molecule has 0 spiro atoms. The Morgan fingerprint density at radius 2 is 1.65 bits per heavy atom. The summed E-state index contributed by atoms with van der Waals surface area (Å²) in [6.45, 7) is 12.7. The van der Waals surface area contributed by atoms with Crippen LogP contribution >= 0.6 is 0 Å². The van der Waals surface area contributed by atoms with Crippen LogP contribution in [0.5, 0.6) is 5.75 Å². The minimum absolute atomic E-state index is 0.146. The zero-order valence-corrected chi connectivity index (χ0v) is 32.3. The second-order valence-electron chi connectivity index (χ2n) is 15.9. The van der Waals surface area contributed by atoms with E-state index in [0.717, 1.165) is 91.7 Å². The average molecular weight is 748 g/mol. The Kier molecular flexibility index (Phi) is 11.4. The van der Waals surface area contributed by atoms with E-state index in [0.29, 0.717) is 11.9 Å². The lowest BCUT2D eigenvalue weighted by Gasteiger charge is -2.33. The summed E-state index contributed by atoms with van der Waals surface area (Å²) in [4.78, 5) is 26.9. The highest BCUT2D eigenvalue weighted by Crippen LogP contribution is 2.39. The number of aromatic nitrogens is 5. The molecule has 3 atom stereocenters. The normalized spacial score (nSPS) is 20.0. The highest BCUT2D eigenvalue weighted by atomic mass is 16.5. The molecule has 8 rings (SSSR count). The Hall–Kier alpha value is -5.43.